The molecule has 3 aromatic rings. The molecule has 1 aliphatic carbocycles. The number of hydrogen-bond donors (Lipinski definition) is 2. The number of nitrogens with one attached hydrogen (secondary N) is 1. The molecule has 0 aliphatic heterocycles. The highest BCUT2D eigenvalue weighted by Crippen LogP contribution is 2.39. The minimum atomic E-state index is -0.243. The van der Waals surface area contributed by atoms with E-state index in [1.807, 2.05) is 54.0 Å². The minimum Gasteiger partial charge on any atom is -0.393 e. The molecule has 1 fully saturated rings. The van der Waals surface area contributed by atoms with Crippen LogP contribution in [-0.2, 0) is 0 Å². The van der Waals surface area contributed by atoms with Gasteiger partial charge in [0.25, 0.3) is 5.91 Å². The van der Waals surface area contributed by atoms with Crippen molar-refractivity contribution in [3.8, 4) is 5.69 Å². The largest absolute Gasteiger partial charge is 0.393 e. The van der Waals surface area contributed by atoms with Gasteiger partial charge in [-0.15, -0.1) is 11.3 Å². The van der Waals surface area contributed by atoms with Crippen LogP contribution in [0.4, 0.5) is 0 Å². The molecule has 5 nitrogen and oxygen atoms in total. The first-order valence-corrected chi connectivity index (χ1v) is 9.21. The molecule has 6 heteroatoms. The normalized spacial score (nSPS) is 20.7. The SMILES string of the molecule is O=C(N[C@@H](c1cccs1)C1CC(O)C1)c1cccc(-n2cccn2)c1. The van der Waals surface area contributed by atoms with Crippen molar-refractivity contribution >= 4 is 17.2 Å². The zero-order valence-electron chi connectivity index (χ0n) is 13.6. The topological polar surface area (TPSA) is 67.2 Å². The number of amides is 1. The number of rotatable bonds is 5. The lowest BCUT2D eigenvalue weighted by molar-refractivity contribution is 0.0241. The first-order chi connectivity index (χ1) is 12.2. The van der Waals surface area contributed by atoms with E-state index in [2.05, 4.69) is 10.4 Å². The Balaban J connectivity index is 1.55. The van der Waals surface area contributed by atoms with Crippen LogP contribution in [0.2, 0.25) is 0 Å². The van der Waals surface area contributed by atoms with Gasteiger partial charge >= 0.3 is 0 Å². The van der Waals surface area contributed by atoms with E-state index in [0.29, 0.717) is 5.56 Å². The average molecular weight is 353 g/mol. The van der Waals surface area contributed by atoms with E-state index in [0.717, 1.165) is 23.4 Å². The van der Waals surface area contributed by atoms with E-state index in [1.54, 1.807) is 22.2 Å². The molecule has 0 saturated heterocycles. The van der Waals surface area contributed by atoms with Crippen molar-refractivity contribution in [1.82, 2.24) is 15.1 Å². The lowest BCUT2D eigenvalue weighted by atomic mass is 9.76. The fraction of sp³-hybridized carbons (Fsp3) is 0.263. The van der Waals surface area contributed by atoms with Gasteiger partial charge in [-0.1, -0.05) is 12.1 Å². The Morgan fingerprint density at radius 3 is 2.84 bits per heavy atom. The number of nitrogens with zero attached hydrogens (tertiary/aromatic N) is 2. The van der Waals surface area contributed by atoms with Crippen LogP contribution in [0.25, 0.3) is 5.69 Å². The van der Waals surface area contributed by atoms with Crippen LogP contribution in [0.1, 0.15) is 34.1 Å². The van der Waals surface area contributed by atoms with Gasteiger partial charge in [-0.05, 0) is 54.5 Å². The van der Waals surface area contributed by atoms with Gasteiger partial charge in [-0.25, -0.2) is 4.68 Å². The summed E-state index contributed by atoms with van der Waals surface area (Å²) in [6, 6.07) is 13.3. The molecule has 1 aliphatic rings. The number of aliphatic hydroxyl groups excluding tert-OH is 1. The molecular weight excluding hydrogens is 334 g/mol. The predicted molar refractivity (Wildman–Crippen MR) is 96.8 cm³/mol. The molecule has 4 rings (SSSR count). The van der Waals surface area contributed by atoms with E-state index < -0.39 is 0 Å². The van der Waals surface area contributed by atoms with Crippen LogP contribution in [0.15, 0.2) is 60.2 Å². The van der Waals surface area contributed by atoms with E-state index in [9.17, 15) is 9.90 Å². The van der Waals surface area contributed by atoms with Crippen molar-refractivity contribution < 1.29 is 9.90 Å². The molecule has 0 bridgehead atoms. The van der Waals surface area contributed by atoms with Crippen molar-refractivity contribution in [2.45, 2.75) is 25.0 Å². The quantitative estimate of drug-likeness (QED) is 0.740. The maximum absolute atomic E-state index is 12.8. The van der Waals surface area contributed by atoms with E-state index in [1.165, 1.54) is 0 Å². The predicted octanol–water partition coefficient (Wildman–Crippen LogP) is 3.18. The third-order valence-corrected chi connectivity index (χ3v) is 5.59. The first-order valence-electron chi connectivity index (χ1n) is 8.33. The maximum atomic E-state index is 12.8. The van der Waals surface area contributed by atoms with Crippen LogP contribution in [-0.4, -0.2) is 26.9 Å². The highest BCUT2D eigenvalue weighted by molar-refractivity contribution is 7.10. The Bertz CT molecular complexity index is 839. The van der Waals surface area contributed by atoms with Crippen LogP contribution >= 0.6 is 11.3 Å². The number of benzene rings is 1. The van der Waals surface area contributed by atoms with Crippen LogP contribution in [0.3, 0.4) is 0 Å². The van der Waals surface area contributed by atoms with E-state index in [4.69, 9.17) is 0 Å². The second-order valence-electron chi connectivity index (χ2n) is 6.35. The number of aliphatic hydroxyl groups is 1. The molecule has 1 amide bonds. The number of carbonyl (C=O) groups excluding carboxylic acids is 1. The van der Waals surface area contributed by atoms with Crippen LogP contribution in [0.5, 0.6) is 0 Å². The number of thiophene rings is 1. The van der Waals surface area contributed by atoms with Crippen LogP contribution in [0, 0.1) is 5.92 Å². The number of carbonyl (C=O) groups is 1. The third-order valence-electron chi connectivity index (χ3n) is 4.63. The Morgan fingerprint density at radius 2 is 2.16 bits per heavy atom. The summed E-state index contributed by atoms with van der Waals surface area (Å²) >= 11 is 1.64. The van der Waals surface area contributed by atoms with Gasteiger partial charge in [0.2, 0.25) is 0 Å². The molecule has 1 saturated carbocycles. The van der Waals surface area contributed by atoms with Gasteiger partial charge in [0.05, 0.1) is 17.8 Å². The second-order valence-corrected chi connectivity index (χ2v) is 7.33. The van der Waals surface area contributed by atoms with Crippen molar-refractivity contribution in [2.75, 3.05) is 0 Å². The summed E-state index contributed by atoms with van der Waals surface area (Å²) in [7, 11) is 0. The molecule has 2 N–H and O–H groups in total. The third kappa shape index (κ3) is 3.36. The molecule has 25 heavy (non-hydrogen) atoms. The van der Waals surface area contributed by atoms with Crippen molar-refractivity contribution in [2.24, 2.45) is 5.92 Å². The maximum Gasteiger partial charge on any atom is 0.251 e. The zero-order valence-corrected chi connectivity index (χ0v) is 14.4. The second kappa shape index (κ2) is 6.82. The standard InChI is InChI=1S/C19H19N3O2S/c23-16-11-14(12-16)18(17-6-2-9-25-17)21-19(24)13-4-1-5-15(10-13)22-8-3-7-20-22/h1-10,14,16,18,23H,11-12H2,(H,21,24)/t14?,16?,18-/m1/s1. The lowest BCUT2D eigenvalue weighted by Crippen LogP contribution is -2.41. The zero-order chi connectivity index (χ0) is 17.2. The smallest absolute Gasteiger partial charge is 0.251 e. The van der Waals surface area contributed by atoms with Gasteiger partial charge in [-0.3, -0.25) is 4.79 Å². The summed E-state index contributed by atoms with van der Waals surface area (Å²) in [5.41, 5.74) is 1.46. The number of aromatic nitrogens is 2. The Morgan fingerprint density at radius 1 is 1.28 bits per heavy atom. The highest BCUT2D eigenvalue weighted by Gasteiger charge is 2.36. The summed E-state index contributed by atoms with van der Waals surface area (Å²) < 4.78 is 1.73. The van der Waals surface area contributed by atoms with Gasteiger partial charge < -0.3 is 10.4 Å². The van der Waals surface area contributed by atoms with Crippen molar-refractivity contribution in [3.63, 3.8) is 0 Å². The summed E-state index contributed by atoms with van der Waals surface area (Å²) in [6.45, 7) is 0. The summed E-state index contributed by atoms with van der Waals surface area (Å²) in [5.74, 6) is 0.181. The molecule has 2 heterocycles. The Hall–Kier alpha value is -2.44. The fourth-order valence-electron chi connectivity index (χ4n) is 3.23. The fourth-order valence-corrected chi connectivity index (χ4v) is 4.10. The highest BCUT2D eigenvalue weighted by atomic mass is 32.1. The number of hydrogen-bond acceptors (Lipinski definition) is 4. The Labute approximate surface area is 149 Å². The Kier molecular flexibility index (Phi) is 4.38. The van der Waals surface area contributed by atoms with Gasteiger partial charge in [-0.2, -0.15) is 5.10 Å². The van der Waals surface area contributed by atoms with Crippen molar-refractivity contribution in [3.05, 3.63) is 70.7 Å². The molecular formula is C19H19N3O2S. The minimum absolute atomic E-state index is 0.0516. The molecule has 1 atom stereocenters. The summed E-state index contributed by atoms with van der Waals surface area (Å²) in [6.07, 6.45) is 4.78. The molecule has 0 spiro atoms. The first kappa shape index (κ1) is 16.1. The van der Waals surface area contributed by atoms with Crippen LogP contribution < -0.4 is 5.32 Å². The van der Waals surface area contributed by atoms with Gasteiger partial charge in [0.15, 0.2) is 0 Å². The monoisotopic (exact) mass is 353 g/mol. The van der Waals surface area contributed by atoms with Gasteiger partial charge in [0, 0.05) is 22.8 Å². The molecule has 0 radical (unpaired) electrons. The van der Waals surface area contributed by atoms with Crippen molar-refractivity contribution in [1.29, 1.82) is 0 Å². The van der Waals surface area contributed by atoms with Gasteiger partial charge in [0.1, 0.15) is 0 Å². The average Bonchev–Trinajstić information content (AvgIpc) is 3.30. The molecule has 128 valence electrons. The molecule has 2 aromatic heterocycles. The van der Waals surface area contributed by atoms with E-state index in [-0.39, 0.29) is 24.0 Å². The molecule has 0 unspecified atom stereocenters. The van der Waals surface area contributed by atoms with E-state index >= 15 is 0 Å². The molecule has 1 aromatic carbocycles. The summed E-state index contributed by atoms with van der Waals surface area (Å²) in [4.78, 5) is 13.9. The summed E-state index contributed by atoms with van der Waals surface area (Å²) in [5, 5.41) is 19.0. The lowest BCUT2D eigenvalue weighted by Gasteiger charge is -2.37.